The number of amides is 1. The second-order valence-corrected chi connectivity index (χ2v) is 7.25. The van der Waals surface area contributed by atoms with Gasteiger partial charge in [0.05, 0.1) is 12.2 Å². The first kappa shape index (κ1) is 21.5. The van der Waals surface area contributed by atoms with Gasteiger partial charge in [-0.25, -0.2) is 4.98 Å². The van der Waals surface area contributed by atoms with E-state index >= 15 is 0 Å². The number of nitrogens with one attached hydrogen (secondary N) is 1. The molecule has 3 rings (SSSR count). The Morgan fingerprint density at radius 3 is 2.77 bits per heavy atom. The van der Waals surface area contributed by atoms with Crippen LogP contribution >= 0.6 is 0 Å². The van der Waals surface area contributed by atoms with E-state index in [1.54, 1.807) is 12.3 Å². The Morgan fingerprint density at radius 2 is 2.10 bits per heavy atom. The van der Waals surface area contributed by atoms with Gasteiger partial charge in [0.2, 0.25) is 0 Å². The molecule has 30 heavy (non-hydrogen) atoms. The van der Waals surface area contributed by atoms with Gasteiger partial charge in [-0.3, -0.25) is 14.0 Å². The van der Waals surface area contributed by atoms with E-state index in [9.17, 15) is 14.9 Å². The fraction of sp³-hybridized carbons (Fsp3) is 0.429. The summed E-state index contributed by atoms with van der Waals surface area (Å²) in [5.41, 5.74) is 1.22. The van der Waals surface area contributed by atoms with E-state index in [0.717, 1.165) is 18.7 Å². The standard InChI is InChI=1S/C21H26N6O3/c1-15-5-4-7-27-18(15)24-19(26-10-8-25(2)9-11-26)17(21(27)29)13-16(14-22)20(28)23-6-12-30-3/h4-5,7,13H,6,8-12H2,1-3H3,(H,23,28)/b16-13+. The first-order valence-corrected chi connectivity index (χ1v) is 9.80. The lowest BCUT2D eigenvalue weighted by molar-refractivity contribution is -0.117. The number of rotatable bonds is 6. The van der Waals surface area contributed by atoms with Crippen LogP contribution in [0.5, 0.6) is 0 Å². The minimum atomic E-state index is -0.549. The molecule has 0 unspecified atom stereocenters. The number of carbonyl (C=O) groups is 1. The Kier molecular flexibility index (Phi) is 6.82. The Balaban J connectivity index is 2.12. The summed E-state index contributed by atoms with van der Waals surface area (Å²) in [5, 5.41) is 12.2. The molecule has 9 nitrogen and oxygen atoms in total. The predicted octanol–water partition coefficient (Wildman–Crippen LogP) is 0.424. The largest absolute Gasteiger partial charge is 0.383 e. The van der Waals surface area contributed by atoms with Crippen molar-refractivity contribution in [2.24, 2.45) is 0 Å². The summed E-state index contributed by atoms with van der Waals surface area (Å²) >= 11 is 0. The van der Waals surface area contributed by atoms with E-state index in [2.05, 4.69) is 10.2 Å². The number of hydrogen-bond acceptors (Lipinski definition) is 7. The Hall–Kier alpha value is -3.22. The maximum absolute atomic E-state index is 13.3. The van der Waals surface area contributed by atoms with Crippen LogP contribution in [0, 0.1) is 18.3 Å². The zero-order valence-electron chi connectivity index (χ0n) is 17.5. The molecule has 1 saturated heterocycles. The Morgan fingerprint density at radius 1 is 1.37 bits per heavy atom. The number of aryl methyl sites for hydroxylation is 1. The summed E-state index contributed by atoms with van der Waals surface area (Å²) < 4.78 is 6.38. The molecule has 0 atom stereocenters. The smallest absolute Gasteiger partial charge is 0.267 e. The van der Waals surface area contributed by atoms with E-state index < -0.39 is 5.91 Å². The second-order valence-electron chi connectivity index (χ2n) is 7.25. The molecular formula is C21H26N6O3. The summed E-state index contributed by atoms with van der Waals surface area (Å²) in [6.45, 7) is 5.57. The molecule has 9 heteroatoms. The minimum absolute atomic E-state index is 0.145. The number of hydrogen-bond donors (Lipinski definition) is 1. The highest BCUT2D eigenvalue weighted by Gasteiger charge is 2.22. The number of fused-ring (bicyclic) bond motifs is 1. The SMILES string of the molecule is COCCNC(=O)/C(C#N)=C/c1c(N2CCN(C)CC2)nc2c(C)cccn2c1=O. The lowest BCUT2D eigenvalue weighted by Gasteiger charge is -2.34. The fourth-order valence-electron chi connectivity index (χ4n) is 3.34. The van der Waals surface area contributed by atoms with Gasteiger partial charge in [-0.2, -0.15) is 5.26 Å². The number of likely N-dealkylation sites (N-methyl/N-ethyl adjacent to an activating group) is 1. The topological polar surface area (TPSA) is 103 Å². The van der Waals surface area contributed by atoms with Crippen LogP contribution in [-0.2, 0) is 9.53 Å². The summed E-state index contributed by atoms with van der Waals surface area (Å²) in [5.74, 6) is -0.0486. The Labute approximate surface area is 175 Å². The predicted molar refractivity (Wildman–Crippen MR) is 114 cm³/mol. The van der Waals surface area contributed by atoms with Gasteiger partial charge < -0.3 is 19.9 Å². The van der Waals surface area contributed by atoms with Crippen LogP contribution < -0.4 is 15.8 Å². The van der Waals surface area contributed by atoms with Crippen molar-refractivity contribution < 1.29 is 9.53 Å². The molecule has 1 N–H and O–H groups in total. The van der Waals surface area contributed by atoms with E-state index in [4.69, 9.17) is 9.72 Å². The molecule has 3 heterocycles. The highest BCUT2D eigenvalue weighted by Crippen LogP contribution is 2.21. The van der Waals surface area contributed by atoms with Crippen molar-refractivity contribution in [2.45, 2.75) is 6.92 Å². The van der Waals surface area contributed by atoms with Crippen molar-refractivity contribution in [3.05, 3.63) is 45.4 Å². The molecule has 2 aromatic heterocycles. The average Bonchev–Trinajstić information content (AvgIpc) is 2.74. The van der Waals surface area contributed by atoms with Crippen LogP contribution in [0.1, 0.15) is 11.1 Å². The number of anilines is 1. The van der Waals surface area contributed by atoms with Crippen LogP contribution in [-0.4, -0.2) is 73.7 Å². The normalized spacial score (nSPS) is 15.3. The van der Waals surface area contributed by atoms with E-state index in [1.807, 2.05) is 31.0 Å². The van der Waals surface area contributed by atoms with Crippen LogP contribution in [0.25, 0.3) is 11.7 Å². The van der Waals surface area contributed by atoms with Gasteiger partial charge in [-0.05, 0) is 31.7 Å². The molecule has 0 aromatic carbocycles. The molecule has 0 aliphatic carbocycles. The quantitative estimate of drug-likeness (QED) is 0.418. The highest BCUT2D eigenvalue weighted by molar-refractivity contribution is 6.02. The van der Waals surface area contributed by atoms with E-state index in [1.165, 1.54) is 17.6 Å². The molecule has 0 saturated carbocycles. The summed E-state index contributed by atoms with van der Waals surface area (Å²) in [6.07, 6.45) is 2.99. The third-order valence-corrected chi connectivity index (χ3v) is 5.11. The number of carbonyl (C=O) groups excluding carboxylic acids is 1. The van der Waals surface area contributed by atoms with Crippen molar-refractivity contribution in [1.29, 1.82) is 5.26 Å². The highest BCUT2D eigenvalue weighted by atomic mass is 16.5. The monoisotopic (exact) mass is 410 g/mol. The van der Waals surface area contributed by atoms with Gasteiger partial charge in [0.1, 0.15) is 23.1 Å². The summed E-state index contributed by atoms with van der Waals surface area (Å²) in [6, 6.07) is 5.58. The molecule has 1 aliphatic heterocycles. The maximum atomic E-state index is 13.3. The minimum Gasteiger partial charge on any atom is -0.383 e. The van der Waals surface area contributed by atoms with E-state index in [0.29, 0.717) is 31.2 Å². The summed E-state index contributed by atoms with van der Waals surface area (Å²) in [4.78, 5) is 34.7. The second kappa shape index (κ2) is 9.52. The van der Waals surface area contributed by atoms with Crippen LogP contribution in [0.2, 0.25) is 0 Å². The lowest BCUT2D eigenvalue weighted by Crippen LogP contribution is -2.45. The maximum Gasteiger partial charge on any atom is 0.267 e. The number of aromatic nitrogens is 2. The molecule has 1 amide bonds. The average molecular weight is 410 g/mol. The number of ether oxygens (including phenoxy) is 1. The number of pyridine rings is 1. The van der Waals surface area contributed by atoms with Crippen molar-refractivity contribution in [3.8, 4) is 6.07 Å². The zero-order valence-corrected chi connectivity index (χ0v) is 17.5. The van der Waals surface area contributed by atoms with Gasteiger partial charge in [0.15, 0.2) is 0 Å². The molecule has 1 fully saturated rings. The Bertz CT molecular complexity index is 1060. The van der Waals surface area contributed by atoms with Crippen LogP contribution in [0.3, 0.4) is 0 Å². The van der Waals surface area contributed by atoms with Gasteiger partial charge in [-0.15, -0.1) is 0 Å². The van der Waals surface area contributed by atoms with Gasteiger partial charge in [0, 0.05) is 46.0 Å². The van der Waals surface area contributed by atoms with Gasteiger partial charge in [-0.1, -0.05) is 6.07 Å². The lowest BCUT2D eigenvalue weighted by atomic mass is 10.1. The van der Waals surface area contributed by atoms with Crippen molar-refractivity contribution in [3.63, 3.8) is 0 Å². The molecule has 1 aliphatic rings. The van der Waals surface area contributed by atoms with Crippen molar-refractivity contribution >= 4 is 23.4 Å². The van der Waals surface area contributed by atoms with Crippen LogP contribution in [0.4, 0.5) is 5.82 Å². The molecule has 0 spiro atoms. The van der Waals surface area contributed by atoms with Crippen molar-refractivity contribution in [1.82, 2.24) is 19.6 Å². The molecule has 2 aromatic rings. The summed E-state index contributed by atoms with van der Waals surface area (Å²) in [7, 11) is 3.57. The fourth-order valence-corrected chi connectivity index (χ4v) is 3.34. The molecular weight excluding hydrogens is 384 g/mol. The van der Waals surface area contributed by atoms with Crippen molar-refractivity contribution in [2.75, 3.05) is 58.4 Å². The number of methoxy groups -OCH3 is 1. The number of nitriles is 1. The zero-order chi connectivity index (χ0) is 21.7. The molecule has 0 radical (unpaired) electrons. The third kappa shape index (κ3) is 4.50. The van der Waals surface area contributed by atoms with Crippen LogP contribution in [0.15, 0.2) is 28.7 Å². The molecule has 158 valence electrons. The first-order chi connectivity index (χ1) is 14.5. The first-order valence-electron chi connectivity index (χ1n) is 9.80. The number of nitrogens with zero attached hydrogens (tertiary/aromatic N) is 5. The van der Waals surface area contributed by atoms with E-state index in [-0.39, 0.29) is 23.2 Å². The molecule has 0 bridgehead atoms. The third-order valence-electron chi connectivity index (χ3n) is 5.11. The van der Waals surface area contributed by atoms with Gasteiger partial charge >= 0.3 is 0 Å². The number of piperazine rings is 1. The van der Waals surface area contributed by atoms with Gasteiger partial charge in [0.25, 0.3) is 11.5 Å².